The maximum Gasteiger partial charge on any atom is 0.259 e. The van der Waals surface area contributed by atoms with Crippen LogP contribution in [0.5, 0.6) is 0 Å². The average molecular weight is 382 g/mol. The molecule has 9 heteroatoms. The Morgan fingerprint density at radius 2 is 2.22 bits per heavy atom. The number of aryl methyl sites for hydroxylation is 2. The highest BCUT2D eigenvalue weighted by molar-refractivity contribution is 7.18. The number of hydrogen-bond donors (Lipinski definition) is 2. The predicted molar refractivity (Wildman–Crippen MR) is 104 cm³/mol. The number of aromatic nitrogens is 3. The van der Waals surface area contributed by atoms with Crippen molar-refractivity contribution in [1.29, 1.82) is 5.26 Å². The Kier molecular flexibility index (Phi) is 4.92. The molecule has 3 aromatic rings. The number of rotatable bonds is 4. The largest absolute Gasteiger partial charge is 0.339 e. The fraction of sp³-hybridized carbons (Fsp3) is 0.278. The highest BCUT2D eigenvalue weighted by Crippen LogP contribution is 2.25. The quantitative estimate of drug-likeness (QED) is 0.529. The molecule has 3 rings (SSSR count). The molecule has 0 aliphatic carbocycles. The van der Waals surface area contributed by atoms with Crippen LogP contribution < -0.4 is 11.0 Å². The first-order valence-electron chi connectivity index (χ1n) is 8.19. The minimum atomic E-state index is -0.396. The number of aromatic amines is 1. The molecule has 0 saturated heterocycles. The number of amides is 1. The SMILES string of the molecule is Cc1sc2nc(CC(=O)N/N=C\c3cc(C#N)n(C)c3C)[nH]c(=O)c2c1C. The fourth-order valence-corrected chi connectivity index (χ4v) is 3.76. The number of carbonyl (C=O) groups excluding carboxylic acids is 1. The van der Waals surface area contributed by atoms with E-state index in [-0.39, 0.29) is 12.0 Å². The molecular formula is C18H18N6O2S. The minimum Gasteiger partial charge on any atom is -0.339 e. The summed E-state index contributed by atoms with van der Waals surface area (Å²) in [5.41, 5.74) is 5.21. The van der Waals surface area contributed by atoms with Crippen LogP contribution in [-0.4, -0.2) is 26.7 Å². The monoisotopic (exact) mass is 382 g/mol. The van der Waals surface area contributed by atoms with Crippen molar-refractivity contribution in [2.45, 2.75) is 27.2 Å². The van der Waals surface area contributed by atoms with Gasteiger partial charge in [-0.1, -0.05) is 0 Å². The molecular weight excluding hydrogens is 364 g/mol. The first-order chi connectivity index (χ1) is 12.8. The van der Waals surface area contributed by atoms with Gasteiger partial charge in [0, 0.05) is 23.2 Å². The number of fused-ring (bicyclic) bond motifs is 1. The third-order valence-corrected chi connectivity index (χ3v) is 5.60. The molecule has 0 aliphatic rings. The van der Waals surface area contributed by atoms with Gasteiger partial charge in [-0.25, -0.2) is 10.4 Å². The van der Waals surface area contributed by atoms with Crippen LogP contribution in [-0.2, 0) is 18.3 Å². The second-order valence-corrected chi connectivity index (χ2v) is 7.39. The van der Waals surface area contributed by atoms with Crippen LogP contribution in [0.2, 0.25) is 0 Å². The van der Waals surface area contributed by atoms with Gasteiger partial charge in [0.25, 0.3) is 5.56 Å². The van der Waals surface area contributed by atoms with Gasteiger partial charge in [0.2, 0.25) is 5.91 Å². The zero-order valence-corrected chi connectivity index (χ0v) is 16.2. The molecule has 0 bridgehead atoms. The van der Waals surface area contributed by atoms with Crippen molar-refractivity contribution in [2.75, 3.05) is 0 Å². The molecule has 0 spiro atoms. The van der Waals surface area contributed by atoms with E-state index >= 15 is 0 Å². The standard InChI is InChI=1S/C18H18N6O2S/c1-9-11(3)27-18-16(9)17(26)21-14(22-18)6-15(25)23-20-8-12-5-13(7-19)24(4)10(12)2/h5,8H,6H2,1-4H3,(H,23,25)(H,21,22,26)/b20-8-. The highest BCUT2D eigenvalue weighted by atomic mass is 32.1. The van der Waals surface area contributed by atoms with E-state index in [0.717, 1.165) is 21.7 Å². The van der Waals surface area contributed by atoms with E-state index in [2.05, 4.69) is 26.6 Å². The Morgan fingerprint density at radius 1 is 1.48 bits per heavy atom. The van der Waals surface area contributed by atoms with Crippen LogP contribution in [0.4, 0.5) is 0 Å². The number of nitrogens with one attached hydrogen (secondary N) is 2. The molecule has 0 fully saturated rings. The van der Waals surface area contributed by atoms with Gasteiger partial charge in [-0.2, -0.15) is 10.4 Å². The van der Waals surface area contributed by atoms with E-state index < -0.39 is 5.91 Å². The molecule has 27 heavy (non-hydrogen) atoms. The topological polar surface area (TPSA) is 116 Å². The molecule has 0 aromatic carbocycles. The average Bonchev–Trinajstić information content (AvgIpc) is 3.05. The van der Waals surface area contributed by atoms with E-state index in [0.29, 0.717) is 21.7 Å². The highest BCUT2D eigenvalue weighted by Gasteiger charge is 2.13. The lowest BCUT2D eigenvalue weighted by molar-refractivity contribution is -0.120. The van der Waals surface area contributed by atoms with E-state index in [9.17, 15) is 9.59 Å². The van der Waals surface area contributed by atoms with Crippen molar-refractivity contribution in [2.24, 2.45) is 12.1 Å². The number of carbonyl (C=O) groups is 1. The van der Waals surface area contributed by atoms with E-state index in [4.69, 9.17) is 5.26 Å². The molecule has 0 atom stereocenters. The van der Waals surface area contributed by atoms with Gasteiger partial charge in [0.15, 0.2) is 0 Å². The Balaban J connectivity index is 1.72. The first kappa shape index (κ1) is 18.5. The predicted octanol–water partition coefficient (Wildman–Crippen LogP) is 1.81. The third-order valence-electron chi connectivity index (χ3n) is 4.50. The summed E-state index contributed by atoms with van der Waals surface area (Å²) in [7, 11) is 1.79. The molecule has 1 amide bonds. The van der Waals surface area contributed by atoms with Crippen LogP contribution in [0, 0.1) is 32.1 Å². The summed E-state index contributed by atoms with van der Waals surface area (Å²) >= 11 is 1.44. The molecule has 8 nitrogen and oxygen atoms in total. The normalized spacial score (nSPS) is 11.2. The second-order valence-electron chi connectivity index (χ2n) is 6.19. The molecule has 0 saturated carbocycles. The fourth-order valence-electron chi connectivity index (χ4n) is 2.71. The van der Waals surface area contributed by atoms with E-state index in [1.165, 1.54) is 17.6 Å². The zero-order valence-electron chi connectivity index (χ0n) is 15.4. The number of thiophene rings is 1. The molecule has 2 N–H and O–H groups in total. The number of hydrogen-bond acceptors (Lipinski definition) is 6. The lowest BCUT2D eigenvalue weighted by Crippen LogP contribution is -2.23. The van der Waals surface area contributed by atoms with Crippen LogP contribution in [0.1, 0.15) is 33.2 Å². The molecule has 3 aromatic heterocycles. The van der Waals surface area contributed by atoms with Gasteiger partial charge in [0.05, 0.1) is 18.0 Å². The van der Waals surface area contributed by atoms with Gasteiger partial charge in [-0.3, -0.25) is 9.59 Å². The summed E-state index contributed by atoms with van der Waals surface area (Å²) < 4.78 is 1.75. The molecule has 3 heterocycles. The van der Waals surface area contributed by atoms with Crippen LogP contribution in [0.15, 0.2) is 16.0 Å². The van der Waals surface area contributed by atoms with Crippen molar-refractivity contribution in [3.05, 3.63) is 49.6 Å². The van der Waals surface area contributed by atoms with Crippen LogP contribution in [0.3, 0.4) is 0 Å². The third kappa shape index (κ3) is 3.52. The Morgan fingerprint density at radius 3 is 2.89 bits per heavy atom. The van der Waals surface area contributed by atoms with Crippen molar-refractivity contribution in [3.8, 4) is 6.07 Å². The maximum atomic E-state index is 12.2. The van der Waals surface area contributed by atoms with Gasteiger partial charge in [-0.15, -0.1) is 11.3 Å². The van der Waals surface area contributed by atoms with Gasteiger partial charge in [0.1, 0.15) is 22.4 Å². The summed E-state index contributed by atoms with van der Waals surface area (Å²) in [6, 6.07) is 3.78. The lowest BCUT2D eigenvalue weighted by atomic mass is 10.2. The Labute approximate surface area is 159 Å². The number of hydrazone groups is 1. The molecule has 0 radical (unpaired) electrons. The minimum absolute atomic E-state index is 0.0876. The maximum absolute atomic E-state index is 12.2. The van der Waals surface area contributed by atoms with Crippen LogP contribution >= 0.6 is 11.3 Å². The summed E-state index contributed by atoms with van der Waals surface area (Å²) in [6.45, 7) is 5.68. The van der Waals surface area contributed by atoms with Crippen LogP contribution in [0.25, 0.3) is 10.2 Å². The molecule has 0 unspecified atom stereocenters. The summed E-state index contributed by atoms with van der Waals surface area (Å²) in [5, 5.41) is 13.5. The van der Waals surface area contributed by atoms with Gasteiger partial charge in [-0.05, 0) is 32.4 Å². The van der Waals surface area contributed by atoms with Crippen molar-refractivity contribution in [3.63, 3.8) is 0 Å². The van der Waals surface area contributed by atoms with Gasteiger partial charge < -0.3 is 9.55 Å². The van der Waals surface area contributed by atoms with Crippen molar-refractivity contribution < 1.29 is 4.79 Å². The first-order valence-corrected chi connectivity index (χ1v) is 9.00. The van der Waals surface area contributed by atoms with E-state index in [1.807, 2.05) is 20.8 Å². The van der Waals surface area contributed by atoms with E-state index in [1.54, 1.807) is 17.7 Å². The van der Waals surface area contributed by atoms with Crippen molar-refractivity contribution >= 4 is 33.7 Å². The number of nitrogens with zero attached hydrogens (tertiary/aromatic N) is 4. The summed E-state index contributed by atoms with van der Waals surface area (Å²) in [4.78, 5) is 33.0. The summed E-state index contributed by atoms with van der Waals surface area (Å²) in [6.07, 6.45) is 1.40. The summed E-state index contributed by atoms with van der Waals surface area (Å²) in [5.74, 6) is -0.100. The zero-order chi connectivity index (χ0) is 19.7. The lowest BCUT2D eigenvalue weighted by Gasteiger charge is -2.01. The number of H-pyrrole nitrogens is 1. The molecule has 138 valence electrons. The smallest absolute Gasteiger partial charge is 0.259 e. The Bertz CT molecular complexity index is 1180. The number of nitriles is 1. The molecule has 0 aliphatic heterocycles. The van der Waals surface area contributed by atoms with Gasteiger partial charge >= 0.3 is 0 Å². The van der Waals surface area contributed by atoms with Crippen molar-refractivity contribution in [1.82, 2.24) is 20.0 Å². The second kappa shape index (κ2) is 7.17. The Hall–Kier alpha value is -3.25.